The molecule has 0 bridgehead atoms. The van der Waals surface area contributed by atoms with Crippen molar-refractivity contribution in [3.8, 4) is 17.6 Å². The van der Waals surface area contributed by atoms with Crippen LogP contribution in [0.5, 0.6) is 11.5 Å². The monoisotopic (exact) mass is 277 g/mol. The van der Waals surface area contributed by atoms with Crippen molar-refractivity contribution in [1.82, 2.24) is 0 Å². The number of hydrogen-bond acceptors (Lipinski definition) is 6. The van der Waals surface area contributed by atoms with E-state index in [9.17, 15) is 10.1 Å². The molecule has 0 aromatic heterocycles. The number of hydrogen-bond donors (Lipinski definition) is 0. The van der Waals surface area contributed by atoms with Gasteiger partial charge in [0.25, 0.3) is 5.69 Å². The molecule has 1 aromatic rings. The molecule has 1 aliphatic heterocycles. The molecule has 1 aromatic carbocycles. The minimum absolute atomic E-state index is 0.0538. The number of nitro groups is 1. The van der Waals surface area contributed by atoms with Crippen LogP contribution in [0.2, 0.25) is 0 Å². The number of nitrogens with zero attached hydrogens (tertiary/aromatic N) is 3. The molecule has 0 saturated heterocycles. The van der Waals surface area contributed by atoms with Crippen LogP contribution in [0, 0.1) is 27.4 Å². The Morgan fingerprint density at radius 2 is 2.05 bits per heavy atom. The van der Waals surface area contributed by atoms with Gasteiger partial charge in [-0.3, -0.25) is 10.1 Å². The Balaban J connectivity index is 2.40. The molecule has 1 atom stereocenters. The third kappa shape index (κ3) is 2.74. The van der Waals surface area contributed by atoms with E-state index < -0.39 is 4.92 Å². The van der Waals surface area contributed by atoms with Crippen LogP contribution in [0.25, 0.3) is 0 Å². The van der Waals surface area contributed by atoms with Crippen molar-refractivity contribution < 1.29 is 14.4 Å². The zero-order valence-electron chi connectivity index (χ0n) is 11.3. The minimum atomic E-state index is -0.457. The van der Waals surface area contributed by atoms with E-state index in [0.717, 1.165) is 0 Å². The van der Waals surface area contributed by atoms with Gasteiger partial charge < -0.3 is 14.4 Å². The first kappa shape index (κ1) is 13.9. The van der Waals surface area contributed by atoms with Crippen molar-refractivity contribution >= 4 is 11.4 Å². The molecule has 0 aliphatic carbocycles. The Morgan fingerprint density at radius 1 is 1.45 bits per heavy atom. The van der Waals surface area contributed by atoms with Gasteiger partial charge in [0.05, 0.1) is 23.0 Å². The SMILES string of the molecule is CC(C#N)CN(C)c1cc2c(cc1[N+](=O)[O-])OCCO2. The van der Waals surface area contributed by atoms with E-state index in [1.54, 1.807) is 24.9 Å². The highest BCUT2D eigenvalue weighted by Gasteiger charge is 2.24. The third-order valence-electron chi connectivity index (χ3n) is 3.02. The average molecular weight is 277 g/mol. The van der Waals surface area contributed by atoms with Crippen molar-refractivity contribution in [1.29, 1.82) is 5.26 Å². The molecule has 106 valence electrons. The predicted molar refractivity (Wildman–Crippen MR) is 72.1 cm³/mol. The topological polar surface area (TPSA) is 88.6 Å². The Kier molecular flexibility index (Phi) is 3.94. The zero-order valence-corrected chi connectivity index (χ0v) is 11.3. The summed E-state index contributed by atoms with van der Waals surface area (Å²) >= 11 is 0. The molecule has 1 unspecified atom stereocenters. The molecule has 7 nitrogen and oxygen atoms in total. The van der Waals surface area contributed by atoms with E-state index in [-0.39, 0.29) is 11.6 Å². The van der Waals surface area contributed by atoms with E-state index in [1.807, 2.05) is 0 Å². The van der Waals surface area contributed by atoms with Crippen molar-refractivity contribution in [3.63, 3.8) is 0 Å². The van der Waals surface area contributed by atoms with Crippen molar-refractivity contribution in [2.75, 3.05) is 31.7 Å². The van der Waals surface area contributed by atoms with Gasteiger partial charge in [0, 0.05) is 19.7 Å². The van der Waals surface area contributed by atoms with Gasteiger partial charge in [0.2, 0.25) is 0 Å². The van der Waals surface area contributed by atoms with Crippen molar-refractivity contribution in [2.24, 2.45) is 5.92 Å². The van der Waals surface area contributed by atoms with Crippen LogP contribution in [-0.4, -0.2) is 31.7 Å². The number of fused-ring (bicyclic) bond motifs is 1. The lowest BCUT2D eigenvalue weighted by Gasteiger charge is -2.24. The summed E-state index contributed by atoms with van der Waals surface area (Å²) in [6.45, 7) is 2.96. The van der Waals surface area contributed by atoms with Gasteiger partial charge >= 0.3 is 0 Å². The highest BCUT2D eigenvalue weighted by molar-refractivity contribution is 5.69. The molecule has 0 radical (unpaired) electrons. The molecule has 0 saturated carbocycles. The second-order valence-electron chi connectivity index (χ2n) is 4.65. The van der Waals surface area contributed by atoms with Gasteiger partial charge in [-0.15, -0.1) is 0 Å². The van der Waals surface area contributed by atoms with Crippen LogP contribution in [-0.2, 0) is 0 Å². The summed E-state index contributed by atoms with van der Waals surface area (Å²) in [4.78, 5) is 12.4. The van der Waals surface area contributed by atoms with Crippen LogP contribution in [0.1, 0.15) is 6.92 Å². The molecule has 0 fully saturated rings. The number of rotatable bonds is 4. The molecule has 0 spiro atoms. The first-order valence-corrected chi connectivity index (χ1v) is 6.21. The fourth-order valence-corrected chi connectivity index (χ4v) is 2.07. The quantitative estimate of drug-likeness (QED) is 0.617. The highest BCUT2D eigenvalue weighted by Crippen LogP contribution is 2.40. The second-order valence-corrected chi connectivity index (χ2v) is 4.65. The van der Waals surface area contributed by atoms with E-state index in [4.69, 9.17) is 14.7 Å². The van der Waals surface area contributed by atoms with Crippen molar-refractivity contribution in [3.05, 3.63) is 22.2 Å². The average Bonchev–Trinajstić information content (AvgIpc) is 2.45. The maximum absolute atomic E-state index is 11.2. The molecule has 0 N–H and O–H groups in total. The maximum Gasteiger partial charge on any atom is 0.296 e. The molecule has 2 rings (SSSR count). The summed E-state index contributed by atoms with van der Waals surface area (Å²) in [5.41, 5.74) is 0.364. The lowest BCUT2D eigenvalue weighted by Crippen LogP contribution is -2.24. The van der Waals surface area contributed by atoms with Crippen LogP contribution in [0.15, 0.2) is 12.1 Å². The zero-order chi connectivity index (χ0) is 14.7. The largest absolute Gasteiger partial charge is 0.486 e. The molecule has 20 heavy (non-hydrogen) atoms. The molecule has 7 heteroatoms. The fourth-order valence-electron chi connectivity index (χ4n) is 2.07. The number of benzene rings is 1. The lowest BCUT2D eigenvalue weighted by molar-refractivity contribution is -0.384. The molecular formula is C13H15N3O4. The Bertz CT molecular complexity index is 567. The van der Waals surface area contributed by atoms with Gasteiger partial charge in [0.15, 0.2) is 11.5 Å². The van der Waals surface area contributed by atoms with Gasteiger partial charge in [-0.05, 0) is 6.92 Å². The molecule has 1 heterocycles. The lowest BCUT2D eigenvalue weighted by atomic mass is 10.1. The maximum atomic E-state index is 11.2. The number of nitro benzene ring substituents is 1. The van der Waals surface area contributed by atoms with E-state index in [0.29, 0.717) is 36.9 Å². The van der Waals surface area contributed by atoms with E-state index in [1.165, 1.54) is 6.07 Å². The molecular weight excluding hydrogens is 262 g/mol. The number of anilines is 1. The van der Waals surface area contributed by atoms with Crippen LogP contribution >= 0.6 is 0 Å². The van der Waals surface area contributed by atoms with Crippen molar-refractivity contribution in [2.45, 2.75) is 6.92 Å². The van der Waals surface area contributed by atoms with Crippen LogP contribution in [0.3, 0.4) is 0 Å². The van der Waals surface area contributed by atoms with Gasteiger partial charge in [-0.1, -0.05) is 0 Å². The summed E-state index contributed by atoms with van der Waals surface area (Å²) in [6, 6.07) is 5.08. The normalized spacial score (nSPS) is 14.2. The fraction of sp³-hybridized carbons (Fsp3) is 0.462. The first-order valence-electron chi connectivity index (χ1n) is 6.21. The number of nitriles is 1. The Labute approximate surface area is 116 Å². The minimum Gasteiger partial charge on any atom is -0.486 e. The van der Waals surface area contributed by atoms with E-state index >= 15 is 0 Å². The third-order valence-corrected chi connectivity index (χ3v) is 3.02. The van der Waals surface area contributed by atoms with Gasteiger partial charge in [-0.25, -0.2) is 0 Å². The van der Waals surface area contributed by atoms with E-state index in [2.05, 4.69) is 6.07 Å². The van der Waals surface area contributed by atoms with Gasteiger partial charge in [-0.2, -0.15) is 5.26 Å². The first-order chi connectivity index (χ1) is 9.52. The van der Waals surface area contributed by atoms with Crippen LogP contribution < -0.4 is 14.4 Å². The summed E-state index contributed by atoms with van der Waals surface area (Å²) in [5, 5.41) is 20.0. The summed E-state index contributed by atoms with van der Waals surface area (Å²) in [5.74, 6) is 0.648. The summed E-state index contributed by atoms with van der Waals surface area (Å²) in [7, 11) is 1.71. The summed E-state index contributed by atoms with van der Waals surface area (Å²) < 4.78 is 10.8. The molecule has 0 amide bonds. The number of ether oxygens (including phenoxy) is 2. The highest BCUT2D eigenvalue weighted by atomic mass is 16.6. The van der Waals surface area contributed by atoms with Gasteiger partial charge in [0.1, 0.15) is 18.9 Å². The Morgan fingerprint density at radius 3 is 2.60 bits per heavy atom. The smallest absolute Gasteiger partial charge is 0.296 e. The summed E-state index contributed by atoms with van der Waals surface area (Å²) in [6.07, 6.45) is 0. The Hall–Kier alpha value is -2.49. The standard InChI is InChI=1S/C13H15N3O4/c1-9(7-14)8-15(2)10-5-12-13(20-4-3-19-12)6-11(10)16(17)18/h5-6,9H,3-4,8H2,1-2H3. The predicted octanol–water partition coefficient (Wildman–Crippen LogP) is 1.96. The van der Waals surface area contributed by atoms with Crippen LogP contribution in [0.4, 0.5) is 11.4 Å². The second kappa shape index (κ2) is 5.65. The molecule has 1 aliphatic rings.